The van der Waals surface area contributed by atoms with Crippen molar-refractivity contribution < 1.29 is 0 Å². The van der Waals surface area contributed by atoms with Gasteiger partial charge in [0.05, 0.1) is 12.8 Å². The van der Waals surface area contributed by atoms with E-state index in [0.717, 1.165) is 0 Å². The molecule has 2 heteroatoms. The molecule has 0 amide bonds. The molecular formula is C7H6N2. The van der Waals surface area contributed by atoms with E-state index in [0.29, 0.717) is 12.8 Å². The molecule has 0 bridgehead atoms. The molecule has 0 aromatic rings. The summed E-state index contributed by atoms with van der Waals surface area (Å²) in [4.78, 5) is 3.26. The molecule has 0 saturated carbocycles. The van der Waals surface area contributed by atoms with E-state index >= 15 is 0 Å². The largest absolute Gasteiger partial charge is 0.322 e. The molecule has 0 N–H and O–H groups in total. The van der Waals surface area contributed by atoms with Gasteiger partial charge in [0.1, 0.15) is 0 Å². The Bertz CT molecular complexity index is 190. The first-order valence-electron chi connectivity index (χ1n) is 2.78. The van der Waals surface area contributed by atoms with Crippen molar-refractivity contribution in [3.63, 3.8) is 0 Å². The molecule has 0 fully saturated rings. The normalized spacial score (nSPS) is 20.7. The van der Waals surface area contributed by atoms with Crippen LogP contribution in [0.15, 0.2) is 12.2 Å². The standard InChI is InChI=1S/C7H6N2/c1-9-7(6-8)4-2-3-5-7/h2-3H,4-5H2. The fourth-order valence-corrected chi connectivity index (χ4v) is 0.848. The van der Waals surface area contributed by atoms with Crippen LogP contribution in [0.1, 0.15) is 12.8 Å². The highest BCUT2D eigenvalue weighted by atomic mass is 14.8. The molecule has 0 spiro atoms. The second-order valence-electron chi connectivity index (χ2n) is 2.13. The Balaban J connectivity index is 2.79. The zero-order chi connectivity index (χ0) is 6.74. The van der Waals surface area contributed by atoms with E-state index in [1.807, 2.05) is 18.2 Å². The van der Waals surface area contributed by atoms with E-state index in [1.165, 1.54) is 0 Å². The molecule has 0 aliphatic heterocycles. The summed E-state index contributed by atoms with van der Waals surface area (Å²) in [6.45, 7) is 6.71. The maximum atomic E-state index is 8.51. The van der Waals surface area contributed by atoms with Crippen molar-refractivity contribution in [3.8, 4) is 6.07 Å². The Morgan fingerprint density at radius 2 is 2.11 bits per heavy atom. The van der Waals surface area contributed by atoms with E-state index in [-0.39, 0.29) is 0 Å². The van der Waals surface area contributed by atoms with E-state index in [2.05, 4.69) is 4.85 Å². The minimum atomic E-state index is -0.736. The molecule has 0 aromatic heterocycles. The molecular weight excluding hydrogens is 112 g/mol. The summed E-state index contributed by atoms with van der Waals surface area (Å²) in [6, 6.07) is 2.01. The Morgan fingerprint density at radius 3 is 2.33 bits per heavy atom. The van der Waals surface area contributed by atoms with Crippen LogP contribution in [0.4, 0.5) is 0 Å². The van der Waals surface area contributed by atoms with Crippen molar-refractivity contribution in [1.29, 1.82) is 5.26 Å². The van der Waals surface area contributed by atoms with Crippen LogP contribution in [-0.4, -0.2) is 5.54 Å². The average Bonchev–Trinajstić information content (AvgIpc) is 2.36. The lowest BCUT2D eigenvalue weighted by atomic mass is 10.0. The van der Waals surface area contributed by atoms with Crippen molar-refractivity contribution in [2.75, 3.05) is 0 Å². The fourth-order valence-electron chi connectivity index (χ4n) is 0.848. The summed E-state index contributed by atoms with van der Waals surface area (Å²) in [7, 11) is 0. The van der Waals surface area contributed by atoms with Gasteiger partial charge < -0.3 is 0 Å². The third-order valence-corrected chi connectivity index (χ3v) is 1.50. The summed E-state index contributed by atoms with van der Waals surface area (Å²) < 4.78 is 0. The maximum Gasteiger partial charge on any atom is 0.322 e. The summed E-state index contributed by atoms with van der Waals surface area (Å²) >= 11 is 0. The molecule has 1 aliphatic carbocycles. The molecule has 1 rings (SSSR count). The zero-order valence-corrected chi connectivity index (χ0v) is 4.96. The number of hydrogen-bond acceptors (Lipinski definition) is 1. The van der Waals surface area contributed by atoms with Gasteiger partial charge in [-0.15, -0.1) is 0 Å². The Morgan fingerprint density at radius 1 is 1.56 bits per heavy atom. The highest BCUT2D eigenvalue weighted by molar-refractivity contribution is 5.25. The quantitative estimate of drug-likeness (QED) is 0.350. The van der Waals surface area contributed by atoms with Gasteiger partial charge in [0.15, 0.2) is 6.07 Å². The van der Waals surface area contributed by atoms with Gasteiger partial charge in [-0.05, 0) is 0 Å². The van der Waals surface area contributed by atoms with Crippen LogP contribution in [0.3, 0.4) is 0 Å². The van der Waals surface area contributed by atoms with Crippen molar-refractivity contribution in [2.24, 2.45) is 0 Å². The van der Waals surface area contributed by atoms with Gasteiger partial charge in [0, 0.05) is 0 Å². The topological polar surface area (TPSA) is 28.1 Å². The summed E-state index contributed by atoms with van der Waals surface area (Å²) in [5, 5.41) is 8.51. The number of nitriles is 1. The van der Waals surface area contributed by atoms with Crippen molar-refractivity contribution in [3.05, 3.63) is 23.6 Å². The van der Waals surface area contributed by atoms with Gasteiger partial charge in [-0.3, -0.25) is 4.85 Å². The van der Waals surface area contributed by atoms with Crippen LogP contribution in [0.2, 0.25) is 0 Å². The predicted octanol–water partition coefficient (Wildman–Crippen LogP) is 1.52. The van der Waals surface area contributed by atoms with E-state index in [9.17, 15) is 0 Å². The van der Waals surface area contributed by atoms with E-state index in [1.54, 1.807) is 0 Å². The summed E-state index contributed by atoms with van der Waals surface area (Å²) in [5.74, 6) is 0. The first-order chi connectivity index (χ1) is 4.33. The maximum absolute atomic E-state index is 8.51. The van der Waals surface area contributed by atoms with Crippen molar-refractivity contribution in [1.82, 2.24) is 0 Å². The third kappa shape index (κ3) is 0.795. The van der Waals surface area contributed by atoms with Gasteiger partial charge in [-0.2, -0.15) is 5.26 Å². The summed E-state index contributed by atoms with van der Waals surface area (Å²) in [5.41, 5.74) is -0.736. The highest BCUT2D eigenvalue weighted by Gasteiger charge is 2.36. The Hall–Kier alpha value is -1.28. The lowest BCUT2D eigenvalue weighted by molar-refractivity contribution is 0.688. The van der Waals surface area contributed by atoms with Crippen LogP contribution >= 0.6 is 0 Å². The van der Waals surface area contributed by atoms with Gasteiger partial charge in [0.25, 0.3) is 0 Å². The molecule has 0 heterocycles. The second-order valence-corrected chi connectivity index (χ2v) is 2.13. The highest BCUT2D eigenvalue weighted by Crippen LogP contribution is 2.26. The van der Waals surface area contributed by atoms with Gasteiger partial charge in [-0.1, -0.05) is 12.2 Å². The first-order valence-corrected chi connectivity index (χ1v) is 2.78. The number of hydrogen-bond donors (Lipinski definition) is 0. The summed E-state index contributed by atoms with van der Waals surface area (Å²) in [6.07, 6.45) is 4.99. The fraction of sp³-hybridized carbons (Fsp3) is 0.429. The number of nitrogens with zero attached hydrogens (tertiary/aromatic N) is 2. The minimum absolute atomic E-state index is 0.604. The van der Waals surface area contributed by atoms with E-state index in [4.69, 9.17) is 11.8 Å². The Labute approximate surface area is 54.2 Å². The molecule has 9 heavy (non-hydrogen) atoms. The molecule has 0 radical (unpaired) electrons. The molecule has 0 atom stereocenters. The lowest BCUT2D eigenvalue weighted by Crippen LogP contribution is -2.15. The Kier molecular flexibility index (Phi) is 1.24. The van der Waals surface area contributed by atoms with Crippen molar-refractivity contribution in [2.45, 2.75) is 18.4 Å². The molecule has 2 nitrogen and oxygen atoms in total. The molecule has 0 saturated heterocycles. The lowest BCUT2D eigenvalue weighted by Gasteiger charge is -2.01. The molecule has 1 aliphatic rings. The van der Waals surface area contributed by atoms with Gasteiger partial charge >= 0.3 is 5.54 Å². The minimum Gasteiger partial charge on any atom is -0.293 e. The molecule has 0 unspecified atom stereocenters. The molecule has 44 valence electrons. The molecule has 0 aromatic carbocycles. The monoisotopic (exact) mass is 118 g/mol. The second kappa shape index (κ2) is 1.91. The average molecular weight is 118 g/mol. The third-order valence-electron chi connectivity index (χ3n) is 1.50. The van der Waals surface area contributed by atoms with Crippen LogP contribution in [0, 0.1) is 17.9 Å². The van der Waals surface area contributed by atoms with Crippen LogP contribution < -0.4 is 0 Å². The van der Waals surface area contributed by atoms with E-state index < -0.39 is 5.54 Å². The number of rotatable bonds is 0. The van der Waals surface area contributed by atoms with Crippen LogP contribution in [0.25, 0.3) is 4.85 Å². The van der Waals surface area contributed by atoms with Crippen molar-refractivity contribution >= 4 is 0 Å². The zero-order valence-electron chi connectivity index (χ0n) is 4.96. The predicted molar refractivity (Wildman–Crippen MR) is 33.3 cm³/mol. The first kappa shape index (κ1) is 5.85. The van der Waals surface area contributed by atoms with Gasteiger partial charge in [0.2, 0.25) is 0 Å². The van der Waals surface area contributed by atoms with Crippen LogP contribution in [0.5, 0.6) is 0 Å². The SMILES string of the molecule is [C-]#[N+]C1(C#N)CC=CC1. The smallest absolute Gasteiger partial charge is 0.293 e. The van der Waals surface area contributed by atoms with Gasteiger partial charge in [-0.25, -0.2) is 6.57 Å². The van der Waals surface area contributed by atoms with Crippen LogP contribution in [-0.2, 0) is 0 Å².